The van der Waals surface area contributed by atoms with Crippen LogP contribution in [0, 0.1) is 5.82 Å². The number of benzene rings is 2. The Labute approximate surface area is 125 Å². The molecule has 0 bridgehead atoms. The third kappa shape index (κ3) is 4.42. The minimum absolute atomic E-state index is 0.0381. The summed E-state index contributed by atoms with van der Waals surface area (Å²) in [6, 6.07) is 14.2. The fourth-order valence-electron chi connectivity index (χ4n) is 2.21. The number of rotatable bonds is 5. The van der Waals surface area contributed by atoms with E-state index in [0.29, 0.717) is 0 Å². The lowest BCUT2D eigenvalue weighted by molar-refractivity contribution is -0.121. The lowest BCUT2D eigenvalue weighted by atomic mass is 10.0. The van der Waals surface area contributed by atoms with Crippen LogP contribution in [0.3, 0.4) is 0 Å². The molecular formula is C18H20FNO. The second kappa shape index (κ2) is 7.02. The van der Waals surface area contributed by atoms with E-state index >= 15 is 0 Å². The first-order chi connectivity index (χ1) is 10.1. The average Bonchev–Trinajstić information content (AvgIpc) is 2.49. The molecule has 2 nitrogen and oxygen atoms in total. The number of aryl methyl sites for hydroxylation is 1. The first-order valence-electron chi connectivity index (χ1n) is 7.21. The number of hydrogen-bond acceptors (Lipinski definition) is 1. The molecule has 0 unspecified atom stereocenters. The zero-order chi connectivity index (χ0) is 15.2. The summed E-state index contributed by atoms with van der Waals surface area (Å²) in [7, 11) is 0. The first-order valence-corrected chi connectivity index (χ1v) is 7.21. The maximum atomic E-state index is 12.8. The Morgan fingerprint density at radius 2 is 1.62 bits per heavy atom. The summed E-state index contributed by atoms with van der Waals surface area (Å²) in [6.07, 6.45) is 1.27. The molecule has 110 valence electrons. The predicted octanol–water partition coefficient (Wildman–Crippen LogP) is 3.81. The Morgan fingerprint density at radius 1 is 1.05 bits per heavy atom. The number of carbonyl (C=O) groups is 1. The molecule has 0 heterocycles. The van der Waals surface area contributed by atoms with Crippen molar-refractivity contribution in [3.05, 3.63) is 71.0 Å². The Kier molecular flexibility index (Phi) is 5.09. The molecule has 0 aliphatic carbocycles. The third-order valence-corrected chi connectivity index (χ3v) is 3.54. The number of halogens is 1. The van der Waals surface area contributed by atoms with E-state index < -0.39 is 0 Å². The van der Waals surface area contributed by atoms with Crippen LogP contribution in [0.15, 0.2) is 48.5 Å². The van der Waals surface area contributed by atoms with E-state index in [-0.39, 0.29) is 24.2 Å². The maximum Gasteiger partial charge on any atom is 0.224 e. The quantitative estimate of drug-likeness (QED) is 0.889. The van der Waals surface area contributed by atoms with Crippen molar-refractivity contribution in [2.45, 2.75) is 32.7 Å². The van der Waals surface area contributed by atoms with Crippen molar-refractivity contribution in [2.24, 2.45) is 0 Å². The third-order valence-electron chi connectivity index (χ3n) is 3.54. The minimum Gasteiger partial charge on any atom is -0.349 e. The maximum absolute atomic E-state index is 12.8. The van der Waals surface area contributed by atoms with Crippen molar-refractivity contribution < 1.29 is 9.18 Å². The molecule has 3 heteroatoms. The van der Waals surface area contributed by atoms with Crippen LogP contribution in [-0.2, 0) is 17.6 Å². The highest BCUT2D eigenvalue weighted by Gasteiger charge is 2.10. The van der Waals surface area contributed by atoms with Crippen molar-refractivity contribution in [1.29, 1.82) is 0 Å². The summed E-state index contributed by atoms with van der Waals surface area (Å²) in [5, 5.41) is 2.96. The molecule has 2 aromatic rings. The first kappa shape index (κ1) is 15.2. The van der Waals surface area contributed by atoms with E-state index in [1.807, 2.05) is 19.1 Å². The number of hydrogen-bond donors (Lipinski definition) is 1. The van der Waals surface area contributed by atoms with Crippen LogP contribution >= 0.6 is 0 Å². The minimum atomic E-state index is -0.288. The van der Waals surface area contributed by atoms with E-state index in [9.17, 15) is 9.18 Å². The van der Waals surface area contributed by atoms with Crippen LogP contribution in [0.5, 0.6) is 0 Å². The highest BCUT2D eigenvalue weighted by Crippen LogP contribution is 2.14. The highest BCUT2D eigenvalue weighted by atomic mass is 19.1. The summed E-state index contributed by atoms with van der Waals surface area (Å²) in [6.45, 7) is 4.08. The lowest BCUT2D eigenvalue weighted by Gasteiger charge is -2.15. The normalized spacial score (nSPS) is 12.0. The van der Waals surface area contributed by atoms with Gasteiger partial charge in [-0.05, 0) is 42.2 Å². The van der Waals surface area contributed by atoms with E-state index in [4.69, 9.17) is 0 Å². The molecular weight excluding hydrogens is 265 g/mol. The molecule has 0 saturated heterocycles. The monoisotopic (exact) mass is 285 g/mol. The molecule has 2 rings (SSSR count). The fraction of sp³-hybridized carbons (Fsp3) is 0.278. The Hall–Kier alpha value is -2.16. The largest absolute Gasteiger partial charge is 0.349 e. The molecule has 1 N–H and O–H groups in total. The Balaban J connectivity index is 1.93. The van der Waals surface area contributed by atoms with Gasteiger partial charge in [-0.3, -0.25) is 4.79 Å². The average molecular weight is 285 g/mol. The molecule has 0 radical (unpaired) electrons. The van der Waals surface area contributed by atoms with Gasteiger partial charge in [0.05, 0.1) is 12.5 Å². The molecule has 2 aromatic carbocycles. The molecule has 21 heavy (non-hydrogen) atoms. The predicted molar refractivity (Wildman–Crippen MR) is 82.5 cm³/mol. The molecule has 1 atom stereocenters. The molecule has 0 aliphatic rings. The van der Waals surface area contributed by atoms with Gasteiger partial charge < -0.3 is 5.32 Å². The van der Waals surface area contributed by atoms with Crippen LogP contribution in [-0.4, -0.2) is 5.91 Å². The van der Waals surface area contributed by atoms with E-state index in [1.54, 1.807) is 12.1 Å². The number of nitrogens with one attached hydrogen (secondary N) is 1. The standard InChI is InChI=1S/C18H20FNO/c1-3-14-4-8-16(9-5-14)13(2)20-18(21)12-15-6-10-17(19)11-7-15/h4-11,13H,3,12H2,1-2H3,(H,20,21)/t13-/m0/s1. The topological polar surface area (TPSA) is 29.1 Å². The smallest absolute Gasteiger partial charge is 0.224 e. The summed E-state index contributed by atoms with van der Waals surface area (Å²) < 4.78 is 12.8. The van der Waals surface area contributed by atoms with Crippen molar-refractivity contribution in [1.82, 2.24) is 5.32 Å². The molecule has 1 amide bonds. The summed E-state index contributed by atoms with van der Waals surface area (Å²) in [5.41, 5.74) is 3.17. The second-order valence-electron chi connectivity index (χ2n) is 5.19. The van der Waals surface area contributed by atoms with Gasteiger partial charge in [0, 0.05) is 0 Å². The lowest BCUT2D eigenvalue weighted by Crippen LogP contribution is -2.28. The Morgan fingerprint density at radius 3 is 2.19 bits per heavy atom. The highest BCUT2D eigenvalue weighted by molar-refractivity contribution is 5.79. The van der Waals surface area contributed by atoms with Gasteiger partial charge in [-0.25, -0.2) is 4.39 Å². The molecule has 0 aliphatic heterocycles. The van der Waals surface area contributed by atoms with Crippen LogP contribution in [0.2, 0.25) is 0 Å². The summed E-state index contributed by atoms with van der Waals surface area (Å²) in [4.78, 5) is 12.0. The van der Waals surface area contributed by atoms with Crippen LogP contribution < -0.4 is 5.32 Å². The fourth-order valence-corrected chi connectivity index (χ4v) is 2.21. The van der Waals surface area contributed by atoms with E-state index in [0.717, 1.165) is 17.5 Å². The van der Waals surface area contributed by atoms with E-state index in [2.05, 4.69) is 24.4 Å². The van der Waals surface area contributed by atoms with Gasteiger partial charge in [0.15, 0.2) is 0 Å². The molecule has 0 saturated carbocycles. The van der Waals surface area contributed by atoms with Crippen LogP contribution in [0.1, 0.15) is 36.6 Å². The Bertz CT molecular complexity index is 590. The zero-order valence-corrected chi connectivity index (χ0v) is 12.4. The summed E-state index contributed by atoms with van der Waals surface area (Å²) >= 11 is 0. The number of amides is 1. The van der Waals surface area contributed by atoms with Crippen LogP contribution in [0.25, 0.3) is 0 Å². The van der Waals surface area contributed by atoms with Gasteiger partial charge in [0.25, 0.3) is 0 Å². The van der Waals surface area contributed by atoms with Gasteiger partial charge in [-0.1, -0.05) is 43.3 Å². The zero-order valence-electron chi connectivity index (χ0n) is 12.4. The van der Waals surface area contributed by atoms with Crippen molar-refractivity contribution in [2.75, 3.05) is 0 Å². The van der Waals surface area contributed by atoms with Gasteiger partial charge >= 0.3 is 0 Å². The van der Waals surface area contributed by atoms with Crippen molar-refractivity contribution >= 4 is 5.91 Å². The second-order valence-corrected chi connectivity index (χ2v) is 5.19. The van der Waals surface area contributed by atoms with E-state index in [1.165, 1.54) is 17.7 Å². The van der Waals surface area contributed by atoms with Crippen molar-refractivity contribution in [3.8, 4) is 0 Å². The van der Waals surface area contributed by atoms with Crippen molar-refractivity contribution in [3.63, 3.8) is 0 Å². The van der Waals surface area contributed by atoms with Gasteiger partial charge in [0.2, 0.25) is 5.91 Å². The van der Waals surface area contributed by atoms with Crippen LogP contribution in [0.4, 0.5) is 4.39 Å². The van der Waals surface area contributed by atoms with Gasteiger partial charge in [-0.2, -0.15) is 0 Å². The molecule has 0 spiro atoms. The molecule has 0 fully saturated rings. The van der Waals surface area contributed by atoms with Gasteiger partial charge in [0.1, 0.15) is 5.82 Å². The SMILES string of the molecule is CCc1ccc([C@H](C)NC(=O)Cc2ccc(F)cc2)cc1. The molecule has 0 aromatic heterocycles. The number of carbonyl (C=O) groups excluding carboxylic acids is 1. The summed E-state index contributed by atoms with van der Waals surface area (Å²) in [5.74, 6) is -0.350. The van der Waals surface area contributed by atoms with Gasteiger partial charge in [-0.15, -0.1) is 0 Å².